The normalized spacial score (nSPS) is 20.3. The van der Waals surface area contributed by atoms with Crippen LogP contribution in [0.1, 0.15) is 284 Å². The number of amides is 1. The first kappa shape index (κ1) is 62.2. The lowest BCUT2D eigenvalue weighted by Crippen LogP contribution is -2.60. The fourth-order valence-electron chi connectivity index (χ4n) is 9.50. The highest BCUT2D eigenvalue weighted by molar-refractivity contribution is 5.76. The third kappa shape index (κ3) is 35.0. The fourth-order valence-corrected chi connectivity index (χ4v) is 9.50. The number of aliphatic hydroxyl groups is 6. The zero-order valence-corrected chi connectivity index (χ0v) is 42.6. The van der Waals surface area contributed by atoms with Crippen molar-refractivity contribution in [2.75, 3.05) is 13.2 Å². The quantitative estimate of drug-likeness (QED) is 0.0294. The van der Waals surface area contributed by atoms with E-state index in [1.165, 1.54) is 212 Å². The molecule has 0 spiro atoms. The first-order valence-electron chi connectivity index (χ1n) is 28.3. The summed E-state index contributed by atoms with van der Waals surface area (Å²) in [7, 11) is 0. The molecule has 0 aromatic rings. The van der Waals surface area contributed by atoms with Gasteiger partial charge < -0.3 is 45.4 Å². The number of hydrogen-bond donors (Lipinski definition) is 7. The van der Waals surface area contributed by atoms with Gasteiger partial charge in [-0.1, -0.05) is 264 Å². The lowest BCUT2D eigenvalue weighted by molar-refractivity contribution is -0.303. The molecule has 2 unspecified atom stereocenters. The van der Waals surface area contributed by atoms with Gasteiger partial charge in [0.05, 0.1) is 25.4 Å². The minimum Gasteiger partial charge on any atom is -0.394 e. The van der Waals surface area contributed by atoms with Crippen LogP contribution < -0.4 is 5.32 Å². The van der Waals surface area contributed by atoms with E-state index in [0.717, 1.165) is 44.9 Å². The lowest BCUT2D eigenvalue weighted by Gasteiger charge is -2.40. The minimum absolute atomic E-state index is 0.253. The van der Waals surface area contributed by atoms with E-state index in [0.29, 0.717) is 6.42 Å². The third-order valence-electron chi connectivity index (χ3n) is 14.1. The Balaban J connectivity index is 2.10. The predicted molar refractivity (Wildman–Crippen MR) is 269 cm³/mol. The molecule has 1 heterocycles. The van der Waals surface area contributed by atoms with Crippen LogP contribution in [0.4, 0.5) is 0 Å². The zero-order chi connectivity index (χ0) is 47.4. The van der Waals surface area contributed by atoms with Gasteiger partial charge in [-0.05, 0) is 12.8 Å². The van der Waals surface area contributed by atoms with Crippen LogP contribution in [0.2, 0.25) is 0 Å². The Labute approximate surface area is 400 Å². The number of nitrogens with one attached hydrogen (secondary N) is 1. The number of ether oxygens (including phenoxy) is 2. The van der Waals surface area contributed by atoms with Gasteiger partial charge in [0, 0.05) is 6.42 Å². The number of carbonyl (C=O) groups excluding carboxylic acids is 1. The van der Waals surface area contributed by atoms with E-state index in [4.69, 9.17) is 9.47 Å². The molecular weight excluding hydrogens is 819 g/mol. The van der Waals surface area contributed by atoms with Crippen molar-refractivity contribution < 1.29 is 44.9 Å². The van der Waals surface area contributed by atoms with Gasteiger partial charge in [-0.25, -0.2) is 0 Å². The molecule has 0 saturated carbocycles. The fraction of sp³-hybridized carbons (Fsp3) is 0.982. The zero-order valence-electron chi connectivity index (χ0n) is 42.6. The maximum Gasteiger partial charge on any atom is 0.220 e. The highest BCUT2D eigenvalue weighted by atomic mass is 16.7. The largest absolute Gasteiger partial charge is 0.394 e. The van der Waals surface area contributed by atoms with Gasteiger partial charge in [0.2, 0.25) is 5.91 Å². The molecule has 0 aliphatic carbocycles. The van der Waals surface area contributed by atoms with Crippen LogP contribution in [0.3, 0.4) is 0 Å². The topological polar surface area (TPSA) is 169 Å². The van der Waals surface area contributed by atoms with Gasteiger partial charge >= 0.3 is 0 Å². The van der Waals surface area contributed by atoms with E-state index in [1.807, 2.05) is 0 Å². The van der Waals surface area contributed by atoms with E-state index in [1.54, 1.807) is 0 Å². The van der Waals surface area contributed by atoms with Crippen molar-refractivity contribution >= 4 is 5.91 Å². The van der Waals surface area contributed by atoms with E-state index in [9.17, 15) is 35.4 Å². The van der Waals surface area contributed by atoms with Crippen molar-refractivity contribution in [2.24, 2.45) is 0 Å². The molecule has 1 amide bonds. The summed E-state index contributed by atoms with van der Waals surface area (Å²) in [5, 5.41) is 65.2. The SMILES string of the molecule is CCCCCCCCCCCCCCCCCCCCCCCCCCCCCCCCCC(=O)N[C@@H](CO[C@@H]1O[C@H](CO)[C@H](O)C(O)C1O)[C@H](O)[C@H](O)CCCCCCCCCCC. The molecule has 388 valence electrons. The Morgan fingerprint density at radius 3 is 1.14 bits per heavy atom. The second-order valence-corrected chi connectivity index (χ2v) is 20.2. The summed E-state index contributed by atoms with van der Waals surface area (Å²) in [5.74, 6) is -0.253. The van der Waals surface area contributed by atoms with Gasteiger partial charge in [-0.2, -0.15) is 0 Å². The van der Waals surface area contributed by atoms with Crippen molar-refractivity contribution in [1.82, 2.24) is 5.32 Å². The summed E-state index contributed by atoms with van der Waals surface area (Å²) >= 11 is 0. The van der Waals surface area contributed by atoms with Crippen LogP contribution in [-0.2, 0) is 14.3 Å². The molecule has 1 fully saturated rings. The Morgan fingerprint density at radius 1 is 0.477 bits per heavy atom. The van der Waals surface area contributed by atoms with Crippen LogP contribution >= 0.6 is 0 Å². The van der Waals surface area contributed by atoms with Crippen molar-refractivity contribution in [3.8, 4) is 0 Å². The van der Waals surface area contributed by atoms with Crippen molar-refractivity contribution in [3.05, 3.63) is 0 Å². The van der Waals surface area contributed by atoms with Crippen LogP contribution in [0.5, 0.6) is 0 Å². The van der Waals surface area contributed by atoms with Gasteiger partial charge in [0.25, 0.3) is 0 Å². The first-order chi connectivity index (χ1) is 31.8. The molecule has 65 heavy (non-hydrogen) atoms. The van der Waals surface area contributed by atoms with E-state index in [-0.39, 0.29) is 18.9 Å². The molecule has 1 rings (SSSR count). The second-order valence-electron chi connectivity index (χ2n) is 20.2. The smallest absolute Gasteiger partial charge is 0.220 e. The van der Waals surface area contributed by atoms with Crippen LogP contribution in [0.15, 0.2) is 0 Å². The number of aliphatic hydroxyl groups excluding tert-OH is 6. The van der Waals surface area contributed by atoms with Gasteiger partial charge in [-0.15, -0.1) is 0 Å². The minimum atomic E-state index is -1.60. The monoisotopic (exact) mass is 928 g/mol. The average molecular weight is 928 g/mol. The Kier molecular flexibility index (Phi) is 43.6. The molecule has 10 nitrogen and oxygen atoms in total. The third-order valence-corrected chi connectivity index (χ3v) is 14.1. The van der Waals surface area contributed by atoms with Crippen molar-refractivity contribution in [3.63, 3.8) is 0 Å². The standard InChI is InChI=1S/C55H109NO9/c1-3-5-7-9-11-13-14-15-16-17-18-19-20-21-22-23-24-25-26-27-28-29-30-31-32-33-34-36-38-40-42-44-50(59)56-47(46-64-55-54(63)53(62)52(61)49(45-57)65-55)51(60)48(58)43-41-39-37-35-12-10-8-6-4-2/h47-49,51-55,57-58,60-63H,3-46H2,1-2H3,(H,56,59)/t47-,48+,49+,51-,52-,53?,54?,55+/m0/s1. The molecule has 1 saturated heterocycles. The van der Waals surface area contributed by atoms with E-state index >= 15 is 0 Å². The summed E-state index contributed by atoms with van der Waals surface area (Å²) in [6.07, 6.45) is 43.1. The molecule has 0 radical (unpaired) electrons. The average Bonchev–Trinajstić information content (AvgIpc) is 3.31. The van der Waals surface area contributed by atoms with Gasteiger partial charge in [-0.3, -0.25) is 4.79 Å². The first-order valence-corrected chi connectivity index (χ1v) is 28.3. The predicted octanol–water partition coefficient (Wildman–Crippen LogP) is 12.4. The summed E-state index contributed by atoms with van der Waals surface area (Å²) in [5.41, 5.74) is 0. The maximum absolute atomic E-state index is 13.0. The van der Waals surface area contributed by atoms with Gasteiger partial charge in [0.1, 0.15) is 30.5 Å². The number of unbranched alkanes of at least 4 members (excludes halogenated alkanes) is 38. The van der Waals surface area contributed by atoms with E-state index < -0.39 is 55.6 Å². The molecule has 0 bridgehead atoms. The number of hydrogen-bond acceptors (Lipinski definition) is 9. The molecule has 0 aromatic carbocycles. The highest BCUT2D eigenvalue weighted by Crippen LogP contribution is 2.23. The lowest BCUT2D eigenvalue weighted by atomic mass is 9.98. The summed E-state index contributed by atoms with van der Waals surface area (Å²) in [6, 6.07) is -0.984. The Hall–Kier alpha value is -0.850. The second kappa shape index (κ2) is 45.6. The van der Waals surface area contributed by atoms with Gasteiger partial charge in [0.15, 0.2) is 6.29 Å². The van der Waals surface area contributed by atoms with E-state index in [2.05, 4.69) is 19.2 Å². The molecular formula is C55H109NO9. The molecule has 10 heteroatoms. The Morgan fingerprint density at radius 2 is 0.800 bits per heavy atom. The molecule has 1 aliphatic rings. The van der Waals surface area contributed by atoms with Crippen LogP contribution in [0.25, 0.3) is 0 Å². The number of rotatable bonds is 49. The number of carbonyl (C=O) groups is 1. The summed E-state index contributed by atoms with van der Waals surface area (Å²) in [6.45, 7) is 3.61. The molecule has 0 aromatic heterocycles. The van der Waals surface area contributed by atoms with Crippen molar-refractivity contribution in [2.45, 2.75) is 332 Å². The van der Waals surface area contributed by atoms with Crippen molar-refractivity contribution in [1.29, 1.82) is 0 Å². The Bertz CT molecular complexity index is 1000. The summed E-state index contributed by atoms with van der Waals surface area (Å²) in [4.78, 5) is 13.0. The molecule has 7 N–H and O–H groups in total. The summed E-state index contributed by atoms with van der Waals surface area (Å²) < 4.78 is 11.2. The van der Waals surface area contributed by atoms with Crippen LogP contribution in [-0.4, -0.2) is 98.7 Å². The highest BCUT2D eigenvalue weighted by Gasteiger charge is 2.44. The van der Waals surface area contributed by atoms with Crippen LogP contribution in [0, 0.1) is 0 Å². The molecule has 1 aliphatic heterocycles. The molecule has 8 atom stereocenters. The maximum atomic E-state index is 13.0.